The molecule has 0 unspecified atom stereocenters. The van der Waals surface area contributed by atoms with Gasteiger partial charge in [-0.3, -0.25) is 9.78 Å². The van der Waals surface area contributed by atoms with E-state index in [1.165, 1.54) is 0 Å². The maximum atomic E-state index is 12.4. The van der Waals surface area contributed by atoms with E-state index in [2.05, 4.69) is 9.97 Å². The Morgan fingerprint density at radius 2 is 2.26 bits per heavy atom. The molecule has 0 spiro atoms. The number of aliphatic hydroxyl groups is 1. The second-order valence-corrected chi connectivity index (χ2v) is 6.08. The SMILES string of the molecule is CN(C(=O)CCc1cccnc1)[C@@H]1CC[C@@H](n2ccnc2)[C@@H]1O. The van der Waals surface area contributed by atoms with Crippen LogP contribution in [0, 0.1) is 0 Å². The van der Waals surface area contributed by atoms with Crippen LogP contribution in [0.1, 0.15) is 30.9 Å². The Hall–Kier alpha value is -2.21. The quantitative estimate of drug-likeness (QED) is 0.906. The van der Waals surface area contributed by atoms with Gasteiger partial charge < -0.3 is 14.6 Å². The van der Waals surface area contributed by atoms with Gasteiger partial charge >= 0.3 is 0 Å². The molecule has 1 fully saturated rings. The Morgan fingerprint density at radius 3 is 2.96 bits per heavy atom. The average molecular weight is 314 g/mol. The molecule has 3 rings (SSSR count). The molecular formula is C17H22N4O2. The Morgan fingerprint density at radius 1 is 1.39 bits per heavy atom. The van der Waals surface area contributed by atoms with Crippen molar-refractivity contribution in [1.82, 2.24) is 19.4 Å². The summed E-state index contributed by atoms with van der Waals surface area (Å²) in [7, 11) is 1.79. The number of hydrogen-bond acceptors (Lipinski definition) is 4. The lowest BCUT2D eigenvalue weighted by Crippen LogP contribution is -2.43. The van der Waals surface area contributed by atoms with Crippen molar-refractivity contribution in [2.75, 3.05) is 7.05 Å². The summed E-state index contributed by atoms with van der Waals surface area (Å²) in [6, 6.07) is 3.71. The van der Waals surface area contributed by atoms with Crippen molar-refractivity contribution in [3.05, 3.63) is 48.8 Å². The highest BCUT2D eigenvalue weighted by Crippen LogP contribution is 2.33. The lowest BCUT2D eigenvalue weighted by molar-refractivity contribution is -0.133. The van der Waals surface area contributed by atoms with Gasteiger partial charge in [-0.2, -0.15) is 0 Å². The van der Waals surface area contributed by atoms with E-state index in [0.29, 0.717) is 12.8 Å². The summed E-state index contributed by atoms with van der Waals surface area (Å²) in [5.74, 6) is 0.0594. The minimum atomic E-state index is -0.559. The van der Waals surface area contributed by atoms with Crippen molar-refractivity contribution in [3.63, 3.8) is 0 Å². The van der Waals surface area contributed by atoms with Gasteiger partial charge in [-0.1, -0.05) is 6.07 Å². The molecule has 0 radical (unpaired) electrons. The largest absolute Gasteiger partial charge is 0.389 e. The molecule has 0 aromatic carbocycles. The van der Waals surface area contributed by atoms with E-state index >= 15 is 0 Å². The van der Waals surface area contributed by atoms with Crippen LogP contribution < -0.4 is 0 Å². The van der Waals surface area contributed by atoms with Gasteiger partial charge in [0.25, 0.3) is 0 Å². The summed E-state index contributed by atoms with van der Waals surface area (Å²) >= 11 is 0. The molecular weight excluding hydrogens is 292 g/mol. The number of aliphatic hydroxyl groups excluding tert-OH is 1. The first kappa shape index (κ1) is 15.7. The van der Waals surface area contributed by atoms with E-state index in [-0.39, 0.29) is 18.0 Å². The van der Waals surface area contributed by atoms with Gasteiger partial charge in [-0.05, 0) is 30.9 Å². The molecule has 0 saturated heterocycles. The third-order valence-corrected chi connectivity index (χ3v) is 4.70. The summed E-state index contributed by atoms with van der Waals surface area (Å²) in [5.41, 5.74) is 1.05. The highest BCUT2D eigenvalue weighted by Gasteiger charge is 2.39. The molecule has 2 aromatic heterocycles. The van der Waals surface area contributed by atoms with Crippen LogP contribution in [-0.2, 0) is 11.2 Å². The third-order valence-electron chi connectivity index (χ3n) is 4.70. The molecule has 6 nitrogen and oxygen atoms in total. The number of aromatic nitrogens is 3. The Labute approximate surface area is 135 Å². The molecule has 0 bridgehead atoms. The van der Waals surface area contributed by atoms with E-state index in [1.807, 2.05) is 22.9 Å². The Bertz CT molecular complexity index is 629. The van der Waals surface area contributed by atoms with E-state index < -0.39 is 6.10 Å². The fraction of sp³-hybridized carbons (Fsp3) is 0.471. The second-order valence-electron chi connectivity index (χ2n) is 6.08. The molecule has 2 heterocycles. The van der Waals surface area contributed by atoms with Crippen molar-refractivity contribution in [1.29, 1.82) is 0 Å². The fourth-order valence-electron chi connectivity index (χ4n) is 3.31. The molecule has 1 N–H and O–H groups in total. The van der Waals surface area contributed by atoms with Gasteiger partial charge in [-0.25, -0.2) is 4.98 Å². The lowest BCUT2D eigenvalue weighted by Gasteiger charge is -2.29. The van der Waals surface area contributed by atoms with E-state index in [9.17, 15) is 9.90 Å². The van der Waals surface area contributed by atoms with Crippen molar-refractivity contribution in [3.8, 4) is 0 Å². The molecule has 1 aliphatic carbocycles. The van der Waals surface area contributed by atoms with Crippen LogP contribution >= 0.6 is 0 Å². The van der Waals surface area contributed by atoms with Gasteiger partial charge in [0, 0.05) is 38.3 Å². The van der Waals surface area contributed by atoms with Crippen molar-refractivity contribution in [2.45, 2.75) is 43.9 Å². The van der Waals surface area contributed by atoms with E-state index in [0.717, 1.165) is 18.4 Å². The number of hydrogen-bond donors (Lipinski definition) is 1. The zero-order valence-electron chi connectivity index (χ0n) is 13.2. The normalized spacial score (nSPS) is 23.8. The minimum absolute atomic E-state index is 0.00364. The molecule has 1 amide bonds. The summed E-state index contributed by atoms with van der Waals surface area (Å²) in [5, 5.41) is 10.6. The van der Waals surface area contributed by atoms with Crippen LogP contribution in [0.15, 0.2) is 43.2 Å². The smallest absolute Gasteiger partial charge is 0.222 e. The van der Waals surface area contributed by atoms with Crippen LogP contribution in [0.4, 0.5) is 0 Å². The van der Waals surface area contributed by atoms with Crippen LogP contribution in [0.2, 0.25) is 0 Å². The molecule has 1 aliphatic rings. The van der Waals surface area contributed by atoms with Gasteiger partial charge in [0.1, 0.15) is 0 Å². The summed E-state index contributed by atoms with van der Waals surface area (Å²) in [4.78, 5) is 22.2. The Kier molecular flexibility index (Phi) is 4.71. The van der Waals surface area contributed by atoms with Crippen LogP contribution in [-0.4, -0.2) is 49.6 Å². The zero-order valence-corrected chi connectivity index (χ0v) is 13.2. The molecule has 6 heteroatoms. The van der Waals surface area contributed by atoms with Crippen LogP contribution in [0.25, 0.3) is 0 Å². The van der Waals surface area contributed by atoms with Gasteiger partial charge in [0.15, 0.2) is 0 Å². The highest BCUT2D eigenvalue weighted by atomic mass is 16.3. The van der Waals surface area contributed by atoms with E-state index in [4.69, 9.17) is 0 Å². The minimum Gasteiger partial charge on any atom is -0.389 e. The summed E-state index contributed by atoms with van der Waals surface area (Å²) in [6.45, 7) is 0. The number of likely N-dealkylation sites (N-methyl/N-ethyl adjacent to an activating group) is 1. The fourth-order valence-corrected chi connectivity index (χ4v) is 3.31. The maximum absolute atomic E-state index is 12.4. The van der Waals surface area contributed by atoms with Gasteiger partial charge in [-0.15, -0.1) is 0 Å². The zero-order chi connectivity index (χ0) is 16.2. The summed E-state index contributed by atoms with van der Waals surface area (Å²) in [6.07, 6.45) is 11.0. The number of imidazole rings is 1. The predicted molar refractivity (Wildman–Crippen MR) is 85.6 cm³/mol. The second kappa shape index (κ2) is 6.91. The molecule has 2 aromatic rings. The van der Waals surface area contributed by atoms with Crippen molar-refractivity contribution >= 4 is 5.91 Å². The number of carbonyl (C=O) groups is 1. The first-order valence-electron chi connectivity index (χ1n) is 7.97. The summed E-state index contributed by atoms with van der Waals surface area (Å²) < 4.78 is 1.93. The van der Waals surface area contributed by atoms with Crippen molar-refractivity contribution in [2.24, 2.45) is 0 Å². The lowest BCUT2D eigenvalue weighted by atomic mass is 10.1. The number of amides is 1. The van der Waals surface area contributed by atoms with E-state index in [1.54, 1.807) is 36.9 Å². The molecule has 0 aliphatic heterocycles. The highest BCUT2D eigenvalue weighted by molar-refractivity contribution is 5.76. The van der Waals surface area contributed by atoms with Crippen molar-refractivity contribution < 1.29 is 9.90 Å². The van der Waals surface area contributed by atoms with Crippen LogP contribution in [0.5, 0.6) is 0 Å². The Balaban J connectivity index is 1.57. The predicted octanol–water partition coefficient (Wildman–Crippen LogP) is 1.43. The molecule has 1 saturated carbocycles. The standard InChI is InChI=1S/C17H22N4O2/c1-20(16(22)7-4-13-3-2-8-18-11-13)14-5-6-15(17(14)23)21-10-9-19-12-21/h2-3,8-12,14-15,17,23H,4-7H2,1H3/t14-,15-,17-/m1/s1. The van der Waals surface area contributed by atoms with Crippen LogP contribution in [0.3, 0.4) is 0 Å². The first-order valence-corrected chi connectivity index (χ1v) is 7.97. The first-order chi connectivity index (χ1) is 11.2. The average Bonchev–Trinajstić information content (AvgIpc) is 3.22. The molecule has 3 atom stereocenters. The topological polar surface area (TPSA) is 71.2 Å². The number of aryl methyl sites for hydroxylation is 1. The van der Waals surface area contributed by atoms with Gasteiger partial charge in [0.05, 0.1) is 24.5 Å². The molecule has 23 heavy (non-hydrogen) atoms. The van der Waals surface area contributed by atoms with Gasteiger partial charge in [0.2, 0.25) is 5.91 Å². The number of rotatable bonds is 5. The monoisotopic (exact) mass is 314 g/mol. The molecule has 122 valence electrons. The number of nitrogens with zero attached hydrogens (tertiary/aromatic N) is 4. The number of pyridine rings is 1. The third kappa shape index (κ3) is 3.42. The number of carbonyl (C=O) groups excluding carboxylic acids is 1. The maximum Gasteiger partial charge on any atom is 0.222 e.